The number of piperidine rings is 1. The fourth-order valence-corrected chi connectivity index (χ4v) is 5.52. The highest BCUT2D eigenvalue weighted by Crippen LogP contribution is 2.26. The van der Waals surface area contributed by atoms with Crippen LogP contribution in [0.25, 0.3) is 11.6 Å². The monoisotopic (exact) mass is 480 g/mol. The zero-order valence-electron chi connectivity index (χ0n) is 18.1. The van der Waals surface area contributed by atoms with Gasteiger partial charge >= 0.3 is 0 Å². The summed E-state index contributed by atoms with van der Waals surface area (Å²) in [7, 11) is -3.52. The van der Waals surface area contributed by atoms with E-state index >= 15 is 0 Å². The quantitative estimate of drug-likeness (QED) is 0.364. The number of carbonyl (C=O) groups is 1. The molecule has 1 N–H and O–H groups in total. The van der Waals surface area contributed by atoms with Crippen LogP contribution in [0.4, 0.5) is 5.69 Å². The van der Waals surface area contributed by atoms with E-state index < -0.39 is 10.0 Å². The van der Waals surface area contributed by atoms with Crippen molar-refractivity contribution in [3.63, 3.8) is 0 Å². The van der Waals surface area contributed by atoms with Crippen molar-refractivity contribution < 1.29 is 13.2 Å². The number of halogens is 1. The Hall–Kier alpha value is -2.93. The van der Waals surface area contributed by atoms with Crippen molar-refractivity contribution in [3.05, 3.63) is 95.0 Å². The molecule has 3 aromatic carbocycles. The Balaban J connectivity index is 1.58. The van der Waals surface area contributed by atoms with E-state index in [-0.39, 0.29) is 10.8 Å². The first-order valence-corrected chi connectivity index (χ1v) is 12.7. The Kier molecular flexibility index (Phi) is 7.28. The Morgan fingerprint density at radius 2 is 1.48 bits per heavy atom. The Labute approximate surface area is 199 Å². The van der Waals surface area contributed by atoms with E-state index in [9.17, 15) is 13.2 Å². The van der Waals surface area contributed by atoms with Gasteiger partial charge in [0.05, 0.1) is 4.90 Å². The largest absolute Gasteiger partial charge is 0.322 e. The summed E-state index contributed by atoms with van der Waals surface area (Å²) in [6, 6.07) is 23.0. The van der Waals surface area contributed by atoms with Crippen molar-refractivity contribution in [2.45, 2.75) is 24.2 Å². The van der Waals surface area contributed by atoms with Gasteiger partial charge in [0.1, 0.15) is 0 Å². The van der Waals surface area contributed by atoms with Gasteiger partial charge in [0.25, 0.3) is 5.91 Å². The third-order valence-corrected chi connectivity index (χ3v) is 7.86. The summed E-state index contributed by atoms with van der Waals surface area (Å²) in [6.45, 7) is 1.10. The summed E-state index contributed by atoms with van der Waals surface area (Å²) < 4.78 is 27.3. The molecule has 0 atom stereocenters. The number of carbonyl (C=O) groups excluding carboxylic acids is 1. The van der Waals surface area contributed by atoms with E-state index in [4.69, 9.17) is 11.6 Å². The van der Waals surface area contributed by atoms with Gasteiger partial charge < -0.3 is 5.32 Å². The number of hydrogen-bond donors (Lipinski definition) is 1. The number of sulfonamides is 1. The molecule has 170 valence electrons. The molecular formula is C26H25ClN2O3S. The molecule has 0 aliphatic carbocycles. The minimum absolute atomic E-state index is 0.234. The second-order valence-corrected chi connectivity index (χ2v) is 10.2. The lowest BCUT2D eigenvalue weighted by atomic mass is 10.0. The highest BCUT2D eigenvalue weighted by Gasteiger charge is 2.25. The van der Waals surface area contributed by atoms with Gasteiger partial charge in [-0.25, -0.2) is 8.42 Å². The predicted molar refractivity (Wildman–Crippen MR) is 133 cm³/mol. The molecule has 4 rings (SSSR count). The SMILES string of the molecule is O=C(Nc1ccc(S(=O)(=O)N2CCCCC2)cc1)/C(=C/c1ccccc1Cl)c1ccccc1. The first kappa shape index (κ1) is 23.2. The normalized spacial score (nSPS) is 15.2. The van der Waals surface area contributed by atoms with Crippen molar-refractivity contribution in [1.82, 2.24) is 4.31 Å². The Morgan fingerprint density at radius 3 is 2.15 bits per heavy atom. The number of nitrogens with one attached hydrogen (secondary N) is 1. The summed E-state index contributed by atoms with van der Waals surface area (Å²) in [5.74, 6) is -0.312. The molecule has 0 aromatic heterocycles. The molecule has 1 amide bonds. The number of nitrogens with zero attached hydrogens (tertiary/aromatic N) is 1. The minimum atomic E-state index is -3.52. The summed E-state index contributed by atoms with van der Waals surface area (Å²) in [5, 5.41) is 3.43. The number of amides is 1. The smallest absolute Gasteiger partial charge is 0.256 e. The highest BCUT2D eigenvalue weighted by atomic mass is 35.5. The fraction of sp³-hybridized carbons (Fsp3) is 0.192. The van der Waals surface area contributed by atoms with E-state index in [1.54, 1.807) is 36.4 Å². The van der Waals surface area contributed by atoms with Gasteiger partial charge in [0.2, 0.25) is 10.0 Å². The topological polar surface area (TPSA) is 66.5 Å². The van der Waals surface area contributed by atoms with E-state index in [2.05, 4.69) is 5.32 Å². The predicted octanol–water partition coefficient (Wildman–Crippen LogP) is 5.69. The van der Waals surface area contributed by atoms with Crippen molar-refractivity contribution >= 4 is 44.9 Å². The van der Waals surface area contributed by atoms with Crippen LogP contribution in [0.15, 0.2) is 83.8 Å². The average molecular weight is 481 g/mol. The number of rotatable bonds is 6. The summed E-state index contributed by atoms with van der Waals surface area (Å²) in [5.41, 5.74) is 2.45. The summed E-state index contributed by atoms with van der Waals surface area (Å²) in [6.07, 6.45) is 4.57. The zero-order chi connectivity index (χ0) is 23.3. The summed E-state index contributed by atoms with van der Waals surface area (Å²) >= 11 is 6.31. The Bertz CT molecular complexity index is 1250. The lowest BCUT2D eigenvalue weighted by molar-refractivity contribution is -0.111. The zero-order valence-corrected chi connectivity index (χ0v) is 19.6. The van der Waals surface area contributed by atoms with Crippen LogP contribution in [-0.2, 0) is 14.8 Å². The molecule has 1 saturated heterocycles. The molecule has 3 aromatic rings. The molecule has 1 heterocycles. The molecule has 0 bridgehead atoms. The van der Waals surface area contributed by atoms with Gasteiger partial charge in [-0.15, -0.1) is 0 Å². The second-order valence-electron chi connectivity index (χ2n) is 7.89. The maximum atomic E-state index is 13.2. The van der Waals surface area contributed by atoms with Gasteiger partial charge in [-0.05, 0) is 60.4 Å². The lowest BCUT2D eigenvalue weighted by Gasteiger charge is -2.25. The highest BCUT2D eigenvalue weighted by molar-refractivity contribution is 7.89. The third kappa shape index (κ3) is 5.53. The molecule has 1 aliphatic rings. The van der Waals surface area contributed by atoms with Crippen LogP contribution >= 0.6 is 11.6 Å². The van der Waals surface area contributed by atoms with Crippen LogP contribution in [0.2, 0.25) is 5.02 Å². The van der Waals surface area contributed by atoms with Crippen LogP contribution < -0.4 is 5.32 Å². The van der Waals surface area contributed by atoms with Crippen molar-refractivity contribution in [2.75, 3.05) is 18.4 Å². The molecule has 0 spiro atoms. The van der Waals surface area contributed by atoms with Gasteiger partial charge in [0.15, 0.2) is 0 Å². The van der Waals surface area contributed by atoms with Crippen molar-refractivity contribution in [2.24, 2.45) is 0 Å². The van der Waals surface area contributed by atoms with E-state index in [0.29, 0.717) is 29.4 Å². The van der Waals surface area contributed by atoms with Crippen LogP contribution in [0.5, 0.6) is 0 Å². The van der Waals surface area contributed by atoms with E-state index in [1.807, 2.05) is 48.5 Å². The molecule has 7 heteroatoms. The van der Waals surface area contributed by atoms with Crippen LogP contribution in [0, 0.1) is 0 Å². The third-order valence-electron chi connectivity index (χ3n) is 5.60. The second kappa shape index (κ2) is 10.3. The maximum absolute atomic E-state index is 13.2. The first-order valence-electron chi connectivity index (χ1n) is 10.9. The average Bonchev–Trinajstić information content (AvgIpc) is 2.85. The molecule has 1 fully saturated rings. The van der Waals surface area contributed by atoms with Crippen molar-refractivity contribution in [1.29, 1.82) is 0 Å². The van der Waals surface area contributed by atoms with Crippen LogP contribution in [-0.4, -0.2) is 31.7 Å². The molecule has 0 saturated carbocycles. The molecule has 0 radical (unpaired) electrons. The van der Waals surface area contributed by atoms with Crippen LogP contribution in [0.1, 0.15) is 30.4 Å². The Morgan fingerprint density at radius 1 is 0.848 bits per heavy atom. The van der Waals surface area contributed by atoms with Gasteiger partial charge in [-0.3, -0.25) is 4.79 Å². The summed E-state index contributed by atoms with van der Waals surface area (Å²) in [4.78, 5) is 13.4. The van der Waals surface area contributed by atoms with Crippen LogP contribution in [0.3, 0.4) is 0 Å². The number of hydrogen-bond acceptors (Lipinski definition) is 3. The molecule has 5 nitrogen and oxygen atoms in total. The standard InChI is InChI=1S/C26H25ClN2O3S/c27-25-12-6-5-11-21(25)19-24(20-9-3-1-4-10-20)26(30)28-22-13-15-23(16-14-22)33(31,32)29-17-7-2-8-18-29/h1,3-6,9-16,19H,2,7-8,17-18H2,(H,28,30)/b24-19+. The fourth-order valence-electron chi connectivity index (χ4n) is 3.81. The van der Waals surface area contributed by atoms with Gasteiger partial charge in [-0.1, -0.05) is 66.6 Å². The van der Waals surface area contributed by atoms with Gasteiger partial charge in [-0.2, -0.15) is 4.31 Å². The number of anilines is 1. The molecule has 33 heavy (non-hydrogen) atoms. The molecule has 1 aliphatic heterocycles. The molecular weight excluding hydrogens is 456 g/mol. The first-order chi connectivity index (χ1) is 15.9. The van der Waals surface area contributed by atoms with E-state index in [1.165, 1.54) is 4.31 Å². The van der Waals surface area contributed by atoms with Gasteiger partial charge in [0, 0.05) is 29.4 Å². The lowest BCUT2D eigenvalue weighted by Crippen LogP contribution is -2.35. The molecule has 0 unspecified atom stereocenters. The van der Waals surface area contributed by atoms with E-state index in [0.717, 1.165) is 30.4 Å². The van der Waals surface area contributed by atoms with Crippen molar-refractivity contribution in [3.8, 4) is 0 Å². The minimum Gasteiger partial charge on any atom is -0.322 e. The number of benzene rings is 3. The maximum Gasteiger partial charge on any atom is 0.256 e.